The average molecular weight is 156 g/mol. The molecule has 0 unspecified atom stereocenters. The summed E-state index contributed by atoms with van der Waals surface area (Å²) in [5.74, 6) is 0.152. The average Bonchev–Trinajstić information content (AvgIpc) is 2.52. The van der Waals surface area contributed by atoms with Crippen molar-refractivity contribution in [1.82, 2.24) is 10.6 Å². The van der Waals surface area contributed by atoms with Crippen molar-refractivity contribution in [2.24, 2.45) is 0 Å². The Morgan fingerprint density at radius 2 is 2.55 bits per heavy atom. The van der Waals surface area contributed by atoms with Gasteiger partial charge in [0.15, 0.2) is 0 Å². The van der Waals surface area contributed by atoms with Crippen LogP contribution in [-0.2, 0) is 4.79 Å². The van der Waals surface area contributed by atoms with E-state index in [1.807, 2.05) is 6.92 Å². The molecule has 0 aromatic heterocycles. The molecule has 0 radical (unpaired) electrons. The summed E-state index contributed by atoms with van der Waals surface area (Å²) in [6.45, 7) is 3.77. The molecule has 1 saturated heterocycles. The van der Waals surface area contributed by atoms with Crippen LogP contribution in [0, 0.1) is 0 Å². The van der Waals surface area contributed by atoms with E-state index < -0.39 is 0 Å². The molecule has 0 spiro atoms. The van der Waals surface area contributed by atoms with Crippen molar-refractivity contribution in [2.45, 2.75) is 32.2 Å². The maximum atomic E-state index is 10.8. The smallest absolute Gasteiger partial charge is 0.219 e. The van der Waals surface area contributed by atoms with Gasteiger partial charge in [-0.3, -0.25) is 4.79 Å². The zero-order valence-electron chi connectivity index (χ0n) is 7.02. The van der Waals surface area contributed by atoms with Crippen LogP contribution in [0.2, 0.25) is 0 Å². The van der Waals surface area contributed by atoms with Gasteiger partial charge in [0.1, 0.15) is 0 Å². The number of nitrogens with one attached hydrogen (secondary N) is 2. The monoisotopic (exact) mass is 156 g/mol. The molecule has 1 aliphatic heterocycles. The standard InChI is InChI=1S/C8H16N2O/c1-2-8(11)10-6-7-4-3-5-9-7/h7,9H,2-6H2,1H3,(H,10,11)/t7-/m1/s1. The summed E-state index contributed by atoms with van der Waals surface area (Å²) in [7, 11) is 0. The van der Waals surface area contributed by atoms with E-state index >= 15 is 0 Å². The minimum Gasteiger partial charge on any atom is -0.355 e. The van der Waals surface area contributed by atoms with Gasteiger partial charge in [-0.1, -0.05) is 6.92 Å². The molecule has 3 nitrogen and oxygen atoms in total. The van der Waals surface area contributed by atoms with Gasteiger partial charge in [0.25, 0.3) is 0 Å². The van der Waals surface area contributed by atoms with Crippen LogP contribution in [0.1, 0.15) is 26.2 Å². The number of rotatable bonds is 3. The van der Waals surface area contributed by atoms with Crippen molar-refractivity contribution in [3.63, 3.8) is 0 Å². The molecular weight excluding hydrogens is 140 g/mol. The molecule has 1 heterocycles. The normalized spacial score (nSPS) is 23.5. The molecule has 0 bridgehead atoms. The zero-order chi connectivity index (χ0) is 8.10. The molecule has 0 aromatic rings. The Hall–Kier alpha value is -0.570. The minimum absolute atomic E-state index is 0.152. The van der Waals surface area contributed by atoms with Crippen molar-refractivity contribution in [1.29, 1.82) is 0 Å². The van der Waals surface area contributed by atoms with E-state index in [1.54, 1.807) is 0 Å². The predicted molar refractivity (Wildman–Crippen MR) is 44.3 cm³/mol. The lowest BCUT2D eigenvalue weighted by atomic mass is 10.2. The van der Waals surface area contributed by atoms with Crippen LogP contribution < -0.4 is 10.6 Å². The fourth-order valence-electron chi connectivity index (χ4n) is 1.29. The van der Waals surface area contributed by atoms with E-state index in [0.717, 1.165) is 13.1 Å². The lowest BCUT2D eigenvalue weighted by Gasteiger charge is -2.10. The van der Waals surface area contributed by atoms with Gasteiger partial charge in [-0.05, 0) is 19.4 Å². The fraction of sp³-hybridized carbons (Fsp3) is 0.875. The Morgan fingerprint density at radius 3 is 3.09 bits per heavy atom. The summed E-state index contributed by atoms with van der Waals surface area (Å²) in [6.07, 6.45) is 3.03. The Balaban J connectivity index is 2.06. The third-order valence-electron chi connectivity index (χ3n) is 2.03. The second-order valence-corrected chi connectivity index (χ2v) is 2.95. The maximum Gasteiger partial charge on any atom is 0.219 e. The molecule has 0 saturated carbocycles. The van der Waals surface area contributed by atoms with Crippen LogP contribution in [0.4, 0.5) is 0 Å². The van der Waals surface area contributed by atoms with E-state index in [1.165, 1.54) is 12.8 Å². The summed E-state index contributed by atoms with van der Waals surface area (Å²) >= 11 is 0. The van der Waals surface area contributed by atoms with Gasteiger partial charge >= 0.3 is 0 Å². The molecule has 1 atom stereocenters. The predicted octanol–water partition coefficient (Wildman–Crippen LogP) is 0.265. The summed E-state index contributed by atoms with van der Waals surface area (Å²) in [4.78, 5) is 10.8. The zero-order valence-corrected chi connectivity index (χ0v) is 7.02. The van der Waals surface area contributed by atoms with Crippen molar-refractivity contribution in [3.05, 3.63) is 0 Å². The lowest BCUT2D eigenvalue weighted by Crippen LogP contribution is -2.36. The van der Waals surface area contributed by atoms with Gasteiger partial charge < -0.3 is 10.6 Å². The first-order chi connectivity index (χ1) is 5.33. The molecule has 1 amide bonds. The number of hydrogen-bond acceptors (Lipinski definition) is 2. The van der Waals surface area contributed by atoms with Crippen molar-refractivity contribution in [2.75, 3.05) is 13.1 Å². The van der Waals surface area contributed by atoms with Gasteiger partial charge in [-0.15, -0.1) is 0 Å². The van der Waals surface area contributed by atoms with Crippen LogP contribution >= 0.6 is 0 Å². The molecule has 64 valence electrons. The Bertz CT molecular complexity index is 130. The highest BCUT2D eigenvalue weighted by molar-refractivity contribution is 5.75. The van der Waals surface area contributed by atoms with Crippen LogP contribution in [0.3, 0.4) is 0 Å². The van der Waals surface area contributed by atoms with E-state index in [9.17, 15) is 4.79 Å². The van der Waals surface area contributed by atoms with Crippen LogP contribution in [0.5, 0.6) is 0 Å². The first kappa shape index (κ1) is 8.53. The Kier molecular flexibility index (Phi) is 3.36. The van der Waals surface area contributed by atoms with E-state index in [0.29, 0.717) is 12.5 Å². The highest BCUT2D eigenvalue weighted by Gasteiger charge is 2.13. The van der Waals surface area contributed by atoms with Crippen LogP contribution in [0.25, 0.3) is 0 Å². The largest absolute Gasteiger partial charge is 0.355 e. The van der Waals surface area contributed by atoms with Crippen LogP contribution in [0.15, 0.2) is 0 Å². The van der Waals surface area contributed by atoms with E-state index in [4.69, 9.17) is 0 Å². The first-order valence-electron chi connectivity index (χ1n) is 4.33. The molecular formula is C8H16N2O. The number of carbonyl (C=O) groups excluding carboxylic acids is 1. The van der Waals surface area contributed by atoms with Crippen molar-refractivity contribution >= 4 is 5.91 Å². The third kappa shape index (κ3) is 2.89. The van der Waals surface area contributed by atoms with E-state index in [-0.39, 0.29) is 5.91 Å². The third-order valence-corrected chi connectivity index (χ3v) is 2.03. The highest BCUT2D eigenvalue weighted by atomic mass is 16.1. The topological polar surface area (TPSA) is 41.1 Å². The van der Waals surface area contributed by atoms with Gasteiger partial charge in [0.05, 0.1) is 0 Å². The quantitative estimate of drug-likeness (QED) is 0.615. The van der Waals surface area contributed by atoms with Gasteiger partial charge in [0.2, 0.25) is 5.91 Å². The lowest BCUT2D eigenvalue weighted by molar-refractivity contribution is -0.120. The van der Waals surface area contributed by atoms with E-state index in [2.05, 4.69) is 10.6 Å². The second-order valence-electron chi connectivity index (χ2n) is 2.95. The van der Waals surface area contributed by atoms with Crippen molar-refractivity contribution in [3.8, 4) is 0 Å². The Morgan fingerprint density at radius 1 is 1.73 bits per heavy atom. The Labute approximate surface area is 67.5 Å². The molecule has 3 heteroatoms. The van der Waals surface area contributed by atoms with Crippen molar-refractivity contribution < 1.29 is 4.79 Å². The molecule has 2 N–H and O–H groups in total. The fourth-order valence-corrected chi connectivity index (χ4v) is 1.29. The van der Waals surface area contributed by atoms with Gasteiger partial charge in [0, 0.05) is 19.0 Å². The maximum absolute atomic E-state index is 10.8. The van der Waals surface area contributed by atoms with Gasteiger partial charge in [-0.2, -0.15) is 0 Å². The summed E-state index contributed by atoms with van der Waals surface area (Å²) < 4.78 is 0. The molecule has 0 aliphatic carbocycles. The summed E-state index contributed by atoms with van der Waals surface area (Å²) in [6, 6.07) is 0.519. The molecule has 11 heavy (non-hydrogen) atoms. The number of carbonyl (C=O) groups is 1. The summed E-state index contributed by atoms with van der Waals surface area (Å²) in [5, 5.41) is 6.19. The van der Waals surface area contributed by atoms with Crippen LogP contribution in [-0.4, -0.2) is 25.0 Å². The molecule has 0 aromatic carbocycles. The molecule has 1 fully saturated rings. The highest BCUT2D eigenvalue weighted by Crippen LogP contribution is 2.02. The SMILES string of the molecule is CCC(=O)NC[C@H]1CCCN1. The molecule has 1 rings (SSSR count). The summed E-state index contributed by atoms with van der Waals surface area (Å²) in [5.41, 5.74) is 0. The first-order valence-corrected chi connectivity index (χ1v) is 4.33. The molecule has 1 aliphatic rings. The number of amides is 1. The number of hydrogen-bond donors (Lipinski definition) is 2. The minimum atomic E-state index is 0.152. The second kappa shape index (κ2) is 4.34. The van der Waals surface area contributed by atoms with Gasteiger partial charge in [-0.25, -0.2) is 0 Å².